The fourth-order valence-electron chi connectivity index (χ4n) is 3.18. The highest BCUT2D eigenvalue weighted by molar-refractivity contribution is 6.34. The summed E-state index contributed by atoms with van der Waals surface area (Å²) in [7, 11) is 2.09. The zero-order chi connectivity index (χ0) is 15.5. The third-order valence-electron chi connectivity index (χ3n) is 4.54. The van der Waals surface area contributed by atoms with Crippen molar-refractivity contribution in [2.45, 2.75) is 18.9 Å². The van der Waals surface area contributed by atoms with Crippen molar-refractivity contribution in [1.29, 1.82) is 0 Å². The van der Waals surface area contributed by atoms with E-state index in [2.05, 4.69) is 34.0 Å². The van der Waals surface area contributed by atoms with Crippen LogP contribution in [0.5, 0.6) is 0 Å². The molecule has 1 N–H and O–H groups in total. The van der Waals surface area contributed by atoms with Gasteiger partial charge in [0, 0.05) is 31.1 Å². The topological polar surface area (TPSA) is 39.6 Å². The highest BCUT2D eigenvalue weighted by Gasteiger charge is 2.23. The van der Waals surface area contributed by atoms with E-state index >= 15 is 0 Å². The average molecular weight is 320 g/mol. The van der Waals surface area contributed by atoms with Crippen LogP contribution < -0.4 is 4.90 Å². The molecule has 0 atom stereocenters. The second kappa shape index (κ2) is 6.82. The van der Waals surface area contributed by atoms with Gasteiger partial charge in [0.05, 0.1) is 6.61 Å². The molecule has 0 bridgehead atoms. The predicted molar refractivity (Wildman–Crippen MR) is 91.7 cm³/mol. The van der Waals surface area contributed by atoms with Gasteiger partial charge in [-0.2, -0.15) is 0 Å². The molecule has 1 fully saturated rings. The van der Waals surface area contributed by atoms with Crippen molar-refractivity contribution in [3.05, 3.63) is 35.5 Å². The summed E-state index contributed by atoms with van der Waals surface area (Å²) in [6, 6.07) is 10.8. The number of likely N-dealkylation sites (N-methyl/N-ethyl adjacent to an activating group) is 1. The Balaban J connectivity index is 1.74. The van der Waals surface area contributed by atoms with Gasteiger partial charge < -0.3 is 14.9 Å². The molecule has 1 aromatic heterocycles. The number of anilines is 1. The lowest BCUT2D eigenvalue weighted by Gasteiger charge is -2.37. The van der Waals surface area contributed by atoms with E-state index in [9.17, 15) is 0 Å². The van der Waals surface area contributed by atoms with E-state index in [-0.39, 0.29) is 6.61 Å². The van der Waals surface area contributed by atoms with E-state index in [1.165, 1.54) is 0 Å². The summed E-state index contributed by atoms with van der Waals surface area (Å²) in [6.07, 6.45) is 2.17. The molecule has 4 nitrogen and oxygen atoms in total. The maximum absolute atomic E-state index is 9.05. The molecule has 22 heavy (non-hydrogen) atoms. The van der Waals surface area contributed by atoms with Gasteiger partial charge in [-0.25, -0.2) is 4.98 Å². The molecule has 1 aliphatic rings. The summed E-state index contributed by atoms with van der Waals surface area (Å²) in [4.78, 5) is 9.12. The number of fused-ring (bicyclic) bond motifs is 1. The molecule has 0 unspecified atom stereocenters. The second-order valence-electron chi connectivity index (χ2n) is 5.91. The summed E-state index contributed by atoms with van der Waals surface area (Å²) < 4.78 is 0. The lowest BCUT2D eigenvalue weighted by atomic mass is 10.0. The van der Waals surface area contributed by atoms with Crippen LogP contribution in [0.15, 0.2) is 30.3 Å². The van der Waals surface area contributed by atoms with Gasteiger partial charge in [-0.3, -0.25) is 0 Å². The third-order valence-corrected chi connectivity index (χ3v) is 4.83. The minimum Gasteiger partial charge on any atom is -0.395 e. The van der Waals surface area contributed by atoms with Gasteiger partial charge in [-0.1, -0.05) is 35.9 Å². The number of pyridine rings is 1. The maximum Gasteiger partial charge on any atom is 0.139 e. The van der Waals surface area contributed by atoms with Crippen LogP contribution in [0.4, 0.5) is 5.82 Å². The first-order chi connectivity index (χ1) is 10.7. The summed E-state index contributed by atoms with van der Waals surface area (Å²) in [5.41, 5.74) is 0. The lowest BCUT2D eigenvalue weighted by molar-refractivity contribution is 0.161. The molecule has 5 heteroatoms. The zero-order valence-electron chi connectivity index (χ0n) is 12.9. The minimum atomic E-state index is 0.221. The first kappa shape index (κ1) is 15.5. The van der Waals surface area contributed by atoms with E-state index in [0.29, 0.717) is 11.2 Å². The fraction of sp³-hybridized carbons (Fsp3) is 0.471. The maximum atomic E-state index is 9.05. The molecule has 118 valence electrons. The number of hydrogen-bond acceptors (Lipinski definition) is 4. The van der Waals surface area contributed by atoms with Gasteiger partial charge in [0.25, 0.3) is 0 Å². The Morgan fingerprint density at radius 2 is 2.05 bits per heavy atom. The number of hydrogen-bond donors (Lipinski definition) is 1. The Morgan fingerprint density at radius 1 is 1.32 bits per heavy atom. The summed E-state index contributed by atoms with van der Waals surface area (Å²) in [5, 5.41) is 11.8. The van der Waals surface area contributed by atoms with Crippen LogP contribution in [0.2, 0.25) is 5.15 Å². The fourth-order valence-corrected chi connectivity index (χ4v) is 3.44. The Bertz CT molecular complexity index is 641. The first-order valence-electron chi connectivity index (χ1n) is 7.80. The third kappa shape index (κ3) is 3.19. The molecule has 1 saturated heterocycles. The van der Waals surface area contributed by atoms with Crippen molar-refractivity contribution < 1.29 is 5.11 Å². The lowest BCUT2D eigenvalue weighted by Crippen LogP contribution is -2.44. The van der Waals surface area contributed by atoms with Crippen LogP contribution in [0.3, 0.4) is 0 Å². The number of benzene rings is 1. The van der Waals surface area contributed by atoms with E-state index in [4.69, 9.17) is 16.7 Å². The number of halogens is 1. The predicted octanol–water partition coefficient (Wildman–Crippen LogP) is 2.78. The first-order valence-corrected chi connectivity index (χ1v) is 8.18. The Hall–Kier alpha value is -1.36. The number of aliphatic hydroxyl groups is 1. The van der Waals surface area contributed by atoms with Crippen LogP contribution in [0.25, 0.3) is 10.8 Å². The van der Waals surface area contributed by atoms with Gasteiger partial charge in [-0.05, 0) is 31.3 Å². The van der Waals surface area contributed by atoms with Crippen LogP contribution in [0.1, 0.15) is 12.8 Å². The Morgan fingerprint density at radius 3 is 2.77 bits per heavy atom. The number of rotatable bonds is 4. The van der Waals surface area contributed by atoms with Crippen molar-refractivity contribution in [3.8, 4) is 0 Å². The van der Waals surface area contributed by atoms with Crippen molar-refractivity contribution in [2.24, 2.45) is 0 Å². The van der Waals surface area contributed by atoms with Gasteiger partial charge in [0.15, 0.2) is 0 Å². The SMILES string of the molecule is CN(CCO)C1CCN(c2cc3ccccc3c(Cl)n2)CC1. The highest BCUT2D eigenvalue weighted by Crippen LogP contribution is 2.28. The molecule has 0 radical (unpaired) electrons. The highest BCUT2D eigenvalue weighted by atomic mass is 35.5. The van der Waals surface area contributed by atoms with Crippen molar-refractivity contribution in [1.82, 2.24) is 9.88 Å². The smallest absolute Gasteiger partial charge is 0.139 e. The number of piperidine rings is 1. The van der Waals surface area contributed by atoms with Gasteiger partial charge in [0.2, 0.25) is 0 Å². The van der Waals surface area contributed by atoms with Crippen LogP contribution in [-0.4, -0.2) is 54.3 Å². The molecule has 3 rings (SSSR count). The molecular formula is C17H22ClN3O. The van der Waals surface area contributed by atoms with E-state index in [1.807, 2.05) is 18.2 Å². The second-order valence-corrected chi connectivity index (χ2v) is 6.27. The quantitative estimate of drug-likeness (QED) is 0.880. The molecule has 2 heterocycles. The van der Waals surface area contributed by atoms with Crippen LogP contribution >= 0.6 is 11.6 Å². The largest absolute Gasteiger partial charge is 0.395 e. The van der Waals surface area contributed by atoms with Crippen molar-refractivity contribution >= 4 is 28.2 Å². The monoisotopic (exact) mass is 319 g/mol. The number of aliphatic hydroxyl groups excluding tert-OH is 1. The van der Waals surface area contributed by atoms with Crippen LogP contribution in [0, 0.1) is 0 Å². The van der Waals surface area contributed by atoms with Gasteiger partial charge >= 0.3 is 0 Å². The average Bonchev–Trinajstić information content (AvgIpc) is 2.55. The minimum absolute atomic E-state index is 0.221. The molecule has 2 aromatic rings. The number of nitrogens with zero attached hydrogens (tertiary/aromatic N) is 3. The van der Waals surface area contributed by atoms with Gasteiger partial charge in [0.1, 0.15) is 11.0 Å². The molecule has 1 aromatic carbocycles. The Labute approximate surface area is 136 Å². The Kier molecular flexibility index (Phi) is 4.81. The normalized spacial score (nSPS) is 16.6. The molecule has 0 aliphatic carbocycles. The summed E-state index contributed by atoms with van der Waals surface area (Å²) in [5.74, 6) is 0.965. The molecule has 0 amide bonds. The molecule has 1 aliphatic heterocycles. The van der Waals surface area contributed by atoms with E-state index in [0.717, 1.165) is 49.1 Å². The number of aromatic nitrogens is 1. The van der Waals surface area contributed by atoms with E-state index in [1.54, 1.807) is 0 Å². The van der Waals surface area contributed by atoms with Crippen LogP contribution in [-0.2, 0) is 0 Å². The van der Waals surface area contributed by atoms with Crippen molar-refractivity contribution in [3.63, 3.8) is 0 Å². The molecule has 0 spiro atoms. The van der Waals surface area contributed by atoms with E-state index < -0.39 is 0 Å². The standard InChI is InChI=1S/C17H22ClN3O/c1-20(10-11-22)14-6-8-21(9-7-14)16-12-13-4-2-3-5-15(13)17(18)19-16/h2-5,12,14,22H,6-11H2,1H3. The zero-order valence-corrected chi connectivity index (χ0v) is 13.6. The summed E-state index contributed by atoms with van der Waals surface area (Å²) >= 11 is 6.33. The molecule has 0 saturated carbocycles. The van der Waals surface area contributed by atoms with Crippen molar-refractivity contribution in [2.75, 3.05) is 38.2 Å². The summed E-state index contributed by atoms with van der Waals surface area (Å²) in [6.45, 7) is 2.91. The van der Waals surface area contributed by atoms with Gasteiger partial charge in [-0.15, -0.1) is 0 Å². The molecular weight excluding hydrogens is 298 g/mol.